The van der Waals surface area contributed by atoms with Crippen molar-refractivity contribution in [2.45, 2.75) is 32.9 Å². The van der Waals surface area contributed by atoms with Crippen molar-refractivity contribution < 1.29 is 10.2 Å². The third-order valence-corrected chi connectivity index (χ3v) is 3.22. The fourth-order valence-electron chi connectivity index (χ4n) is 1.97. The van der Waals surface area contributed by atoms with Gasteiger partial charge in [0.2, 0.25) is 0 Å². The van der Waals surface area contributed by atoms with Crippen LogP contribution < -0.4 is 0 Å². The second-order valence-corrected chi connectivity index (χ2v) is 4.69. The summed E-state index contributed by atoms with van der Waals surface area (Å²) in [7, 11) is 1.98. The van der Waals surface area contributed by atoms with Gasteiger partial charge in [0.1, 0.15) is 0 Å². The molecule has 1 rings (SSSR count). The first-order valence-electron chi connectivity index (χ1n) is 6.06. The highest BCUT2D eigenvalue weighted by Gasteiger charge is 2.14. The molecule has 0 radical (unpaired) electrons. The normalized spacial score (nSPS) is 13.1. The van der Waals surface area contributed by atoms with Crippen molar-refractivity contribution in [2.75, 3.05) is 20.3 Å². The highest BCUT2D eigenvalue weighted by molar-refractivity contribution is 5.30. The topological polar surface area (TPSA) is 43.7 Å². The van der Waals surface area contributed by atoms with E-state index in [1.54, 1.807) is 0 Å². The molecule has 0 aliphatic heterocycles. The van der Waals surface area contributed by atoms with Crippen molar-refractivity contribution in [1.29, 1.82) is 0 Å². The van der Waals surface area contributed by atoms with Gasteiger partial charge in [0.05, 0.1) is 6.61 Å². The Morgan fingerprint density at radius 3 is 2.53 bits per heavy atom. The lowest BCUT2D eigenvalue weighted by atomic mass is 10.0. The maximum atomic E-state index is 9.28. The summed E-state index contributed by atoms with van der Waals surface area (Å²) in [5.41, 5.74) is 3.80. The van der Waals surface area contributed by atoms with Crippen LogP contribution in [0.3, 0.4) is 0 Å². The van der Waals surface area contributed by atoms with Crippen molar-refractivity contribution >= 4 is 0 Å². The Balaban J connectivity index is 2.72. The summed E-state index contributed by atoms with van der Waals surface area (Å²) in [4.78, 5) is 2.10. The summed E-state index contributed by atoms with van der Waals surface area (Å²) in [6.45, 7) is 5.19. The minimum Gasteiger partial charge on any atom is -0.396 e. The van der Waals surface area contributed by atoms with E-state index in [0.29, 0.717) is 6.42 Å². The Labute approximate surface area is 104 Å². The molecule has 3 nitrogen and oxygen atoms in total. The molecule has 96 valence electrons. The van der Waals surface area contributed by atoms with Crippen molar-refractivity contribution in [3.05, 3.63) is 34.9 Å². The van der Waals surface area contributed by atoms with Crippen LogP contribution in [0.4, 0.5) is 0 Å². The Bertz CT molecular complexity index is 352. The molecule has 2 N–H and O–H groups in total. The van der Waals surface area contributed by atoms with Crippen LogP contribution in [-0.4, -0.2) is 41.4 Å². The molecular formula is C14H23NO2. The third kappa shape index (κ3) is 4.11. The largest absolute Gasteiger partial charge is 0.396 e. The summed E-state index contributed by atoms with van der Waals surface area (Å²) in [6, 6.07) is 6.44. The monoisotopic (exact) mass is 237 g/mol. The molecule has 0 bridgehead atoms. The zero-order chi connectivity index (χ0) is 12.8. The highest BCUT2D eigenvalue weighted by Crippen LogP contribution is 2.14. The molecule has 1 aromatic rings. The quantitative estimate of drug-likeness (QED) is 0.787. The van der Waals surface area contributed by atoms with Crippen LogP contribution in [0.1, 0.15) is 23.1 Å². The first-order valence-corrected chi connectivity index (χ1v) is 6.06. The van der Waals surface area contributed by atoms with E-state index in [4.69, 9.17) is 5.11 Å². The number of hydrogen-bond acceptors (Lipinski definition) is 3. The third-order valence-electron chi connectivity index (χ3n) is 3.22. The van der Waals surface area contributed by atoms with Crippen LogP contribution in [0.5, 0.6) is 0 Å². The average Bonchev–Trinajstić information content (AvgIpc) is 2.30. The molecule has 0 aliphatic rings. The van der Waals surface area contributed by atoms with Gasteiger partial charge in [0.25, 0.3) is 0 Å². The predicted octanol–water partition coefficient (Wildman–Crippen LogP) is 1.48. The molecule has 0 fully saturated rings. The predicted molar refractivity (Wildman–Crippen MR) is 70.0 cm³/mol. The van der Waals surface area contributed by atoms with E-state index in [1.807, 2.05) is 7.05 Å². The van der Waals surface area contributed by atoms with Gasteiger partial charge >= 0.3 is 0 Å². The second kappa shape index (κ2) is 6.74. The first kappa shape index (κ1) is 14.2. The number of aryl methyl sites for hydroxylation is 2. The highest BCUT2D eigenvalue weighted by atomic mass is 16.3. The number of likely N-dealkylation sites (N-methyl/N-ethyl adjacent to an activating group) is 1. The van der Waals surface area contributed by atoms with Crippen LogP contribution >= 0.6 is 0 Å². The molecule has 0 amide bonds. The SMILES string of the molecule is Cc1ccc(C)c(CN(C)C(CO)CCO)c1. The molecular weight excluding hydrogens is 214 g/mol. The van der Waals surface area contributed by atoms with Gasteiger partial charge in [-0.2, -0.15) is 0 Å². The number of aliphatic hydroxyl groups excluding tert-OH is 2. The molecule has 0 aliphatic carbocycles. The summed E-state index contributed by atoms with van der Waals surface area (Å²) in [6.07, 6.45) is 0.609. The Hall–Kier alpha value is -0.900. The van der Waals surface area contributed by atoms with Gasteiger partial charge < -0.3 is 10.2 Å². The zero-order valence-electron chi connectivity index (χ0n) is 11.0. The maximum absolute atomic E-state index is 9.28. The zero-order valence-corrected chi connectivity index (χ0v) is 11.0. The number of benzene rings is 1. The standard InChI is InChI=1S/C14H23NO2/c1-11-4-5-12(2)13(8-11)9-15(3)14(10-17)6-7-16/h4-5,8,14,16-17H,6-7,9-10H2,1-3H3. The molecule has 3 heteroatoms. The molecule has 0 saturated heterocycles. The van der Waals surface area contributed by atoms with E-state index in [-0.39, 0.29) is 19.3 Å². The minimum absolute atomic E-state index is 0.0277. The number of aliphatic hydroxyl groups is 2. The summed E-state index contributed by atoms with van der Waals surface area (Å²) < 4.78 is 0. The summed E-state index contributed by atoms with van der Waals surface area (Å²) >= 11 is 0. The summed E-state index contributed by atoms with van der Waals surface area (Å²) in [5.74, 6) is 0. The fraction of sp³-hybridized carbons (Fsp3) is 0.571. The van der Waals surface area contributed by atoms with Crippen molar-refractivity contribution in [3.63, 3.8) is 0 Å². The Kier molecular flexibility index (Phi) is 5.62. The maximum Gasteiger partial charge on any atom is 0.0587 e. The van der Waals surface area contributed by atoms with Gasteiger partial charge in [0, 0.05) is 19.2 Å². The van der Waals surface area contributed by atoms with Crippen LogP contribution in [0, 0.1) is 13.8 Å². The van der Waals surface area contributed by atoms with Gasteiger partial charge in [-0.15, -0.1) is 0 Å². The van der Waals surface area contributed by atoms with Crippen LogP contribution in [-0.2, 0) is 6.54 Å². The van der Waals surface area contributed by atoms with Gasteiger partial charge in [-0.3, -0.25) is 4.90 Å². The number of rotatable bonds is 6. The van der Waals surface area contributed by atoms with Gasteiger partial charge in [-0.05, 0) is 38.4 Å². The van der Waals surface area contributed by atoms with Crippen LogP contribution in [0.2, 0.25) is 0 Å². The van der Waals surface area contributed by atoms with Crippen molar-refractivity contribution in [3.8, 4) is 0 Å². The van der Waals surface area contributed by atoms with E-state index in [1.165, 1.54) is 16.7 Å². The molecule has 0 aromatic heterocycles. The van der Waals surface area contributed by atoms with E-state index in [9.17, 15) is 5.11 Å². The minimum atomic E-state index is 0.0277. The lowest BCUT2D eigenvalue weighted by Crippen LogP contribution is -2.35. The Morgan fingerprint density at radius 2 is 1.94 bits per heavy atom. The van der Waals surface area contributed by atoms with Gasteiger partial charge in [0.15, 0.2) is 0 Å². The van der Waals surface area contributed by atoms with E-state index in [2.05, 4.69) is 36.9 Å². The first-order chi connectivity index (χ1) is 8.08. The Morgan fingerprint density at radius 1 is 1.24 bits per heavy atom. The van der Waals surface area contributed by atoms with E-state index in [0.717, 1.165) is 6.54 Å². The van der Waals surface area contributed by atoms with Gasteiger partial charge in [-0.25, -0.2) is 0 Å². The molecule has 17 heavy (non-hydrogen) atoms. The molecule has 0 heterocycles. The fourth-order valence-corrected chi connectivity index (χ4v) is 1.97. The molecule has 0 spiro atoms. The lowest BCUT2D eigenvalue weighted by Gasteiger charge is -2.26. The summed E-state index contributed by atoms with van der Waals surface area (Å²) in [5, 5.41) is 18.2. The smallest absolute Gasteiger partial charge is 0.0587 e. The van der Waals surface area contributed by atoms with Crippen LogP contribution in [0.25, 0.3) is 0 Å². The lowest BCUT2D eigenvalue weighted by molar-refractivity contribution is 0.115. The average molecular weight is 237 g/mol. The molecule has 1 atom stereocenters. The van der Waals surface area contributed by atoms with Gasteiger partial charge in [-0.1, -0.05) is 23.8 Å². The second-order valence-electron chi connectivity index (χ2n) is 4.69. The van der Waals surface area contributed by atoms with E-state index >= 15 is 0 Å². The molecule has 1 aromatic carbocycles. The molecule has 0 saturated carbocycles. The van der Waals surface area contributed by atoms with E-state index < -0.39 is 0 Å². The van der Waals surface area contributed by atoms with Crippen molar-refractivity contribution in [1.82, 2.24) is 4.90 Å². The number of hydrogen-bond donors (Lipinski definition) is 2. The number of nitrogens with zero attached hydrogens (tertiary/aromatic N) is 1. The molecule has 1 unspecified atom stereocenters. The van der Waals surface area contributed by atoms with Crippen molar-refractivity contribution in [2.24, 2.45) is 0 Å². The van der Waals surface area contributed by atoms with Crippen LogP contribution in [0.15, 0.2) is 18.2 Å².